The Kier molecular flexibility index (Phi) is 3.74. The summed E-state index contributed by atoms with van der Waals surface area (Å²) in [5.41, 5.74) is 8.43. The van der Waals surface area contributed by atoms with Gasteiger partial charge in [-0.25, -0.2) is 0 Å². The molecular weight excluding hydrogens is 250 g/mol. The third-order valence-corrected chi connectivity index (χ3v) is 3.57. The molecule has 0 spiro atoms. The molecular formula is C14H20ClNO2. The van der Waals surface area contributed by atoms with Crippen LogP contribution < -0.4 is 15.2 Å². The highest BCUT2D eigenvalue weighted by Gasteiger charge is 2.38. The van der Waals surface area contributed by atoms with Crippen LogP contribution in [0.5, 0.6) is 11.5 Å². The lowest BCUT2D eigenvalue weighted by atomic mass is 10.0. The molecule has 0 radical (unpaired) electrons. The van der Waals surface area contributed by atoms with Gasteiger partial charge in [0, 0.05) is 29.5 Å². The van der Waals surface area contributed by atoms with E-state index in [9.17, 15) is 0 Å². The molecule has 18 heavy (non-hydrogen) atoms. The van der Waals surface area contributed by atoms with Crippen molar-refractivity contribution in [1.29, 1.82) is 0 Å². The summed E-state index contributed by atoms with van der Waals surface area (Å²) in [6.45, 7) is 4.82. The predicted octanol–water partition coefficient (Wildman–Crippen LogP) is 2.65. The van der Waals surface area contributed by atoms with Crippen molar-refractivity contribution in [1.82, 2.24) is 0 Å². The van der Waals surface area contributed by atoms with Gasteiger partial charge in [-0.3, -0.25) is 0 Å². The van der Waals surface area contributed by atoms with Gasteiger partial charge in [-0.05, 0) is 32.4 Å². The van der Waals surface area contributed by atoms with Gasteiger partial charge < -0.3 is 15.2 Å². The van der Waals surface area contributed by atoms with E-state index in [0.29, 0.717) is 18.6 Å². The van der Waals surface area contributed by atoms with E-state index in [2.05, 4.69) is 19.1 Å². The topological polar surface area (TPSA) is 44.5 Å². The normalized spacial score (nSPS) is 28.1. The number of hydrogen-bond acceptors (Lipinski definition) is 3. The lowest BCUT2D eigenvalue weighted by molar-refractivity contribution is 0.254. The Hall–Kier alpha value is -0.930. The van der Waals surface area contributed by atoms with Crippen LogP contribution in [0.25, 0.3) is 0 Å². The first kappa shape index (κ1) is 13.5. The van der Waals surface area contributed by atoms with Crippen LogP contribution in [-0.4, -0.2) is 18.8 Å². The van der Waals surface area contributed by atoms with Crippen LogP contribution in [0.1, 0.15) is 37.3 Å². The average Bonchev–Trinajstić information content (AvgIpc) is 2.87. The summed E-state index contributed by atoms with van der Waals surface area (Å²) in [5.74, 6) is 2.48. The van der Waals surface area contributed by atoms with Crippen molar-refractivity contribution in [3.63, 3.8) is 0 Å². The zero-order chi connectivity index (χ0) is 12.0. The third-order valence-electron chi connectivity index (χ3n) is 3.57. The number of ether oxygens (including phenoxy) is 2. The molecule has 0 amide bonds. The monoisotopic (exact) mass is 269 g/mol. The van der Waals surface area contributed by atoms with E-state index in [0.717, 1.165) is 24.3 Å². The maximum absolute atomic E-state index is 5.94. The van der Waals surface area contributed by atoms with Crippen molar-refractivity contribution >= 4 is 12.4 Å². The second-order valence-electron chi connectivity index (χ2n) is 5.07. The Morgan fingerprint density at radius 3 is 2.78 bits per heavy atom. The highest BCUT2D eigenvalue weighted by Crippen LogP contribution is 2.47. The van der Waals surface area contributed by atoms with Gasteiger partial charge in [0.25, 0.3) is 0 Å². The van der Waals surface area contributed by atoms with E-state index >= 15 is 0 Å². The minimum Gasteiger partial charge on any atom is -0.494 e. The highest BCUT2D eigenvalue weighted by molar-refractivity contribution is 5.85. The fraction of sp³-hybridized carbons (Fsp3) is 0.571. The van der Waals surface area contributed by atoms with Crippen molar-refractivity contribution in [2.75, 3.05) is 6.61 Å². The second-order valence-corrected chi connectivity index (χ2v) is 5.07. The lowest BCUT2D eigenvalue weighted by Gasteiger charge is -2.12. The van der Waals surface area contributed by atoms with Crippen molar-refractivity contribution in [3.05, 3.63) is 23.3 Å². The SMILES string of the molecule is CCOc1cc2c(cc1C1CC1N)OC(C)C2.Cl. The maximum Gasteiger partial charge on any atom is 0.123 e. The van der Waals surface area contributed by atoms with E-state index in [1.165, 1.54) is 11.1 Å². The van der Waals surface area contributed by atoms with Crippen LogP contribution in [0, 0.1) is 0 Å². The molecule has 3 nitrogen and oxygen atoms in total. The molecule has 2 aliphatic rings. The number of nitrogens with two attached hydrogens (primary N) is 1. The summed E-state index contributed by atoms with van der Waals surface area (Å²) in [6.07, 6.45) is 2.32. The molecule has 0 saturated heterocycles. The third kappa shape index (κ3) is 2.29. The largest absolute Gasteiger partial charge is 0.494 e. The fourth-order valence-electron chi connectivity index (χ4n) is 2.60. The molecule has 1 aromatic carbocycles. The van der Waals surface area contributed by atoms with Gasteiger partial charge in [0.1, 0.15) is 17.6 Å². The van der Waals surface area contributed by atoms with E-state index in [-0.39, 0.29) is 18.5 Å². The second kappa shape index (κ2) is 4.98. The smallest absolute Gasteiger partial charge is 0.123 e. The first-order valence-electron chi connectivity index (χ1n) is 6.41. The van der Waals surface area contributed by atoms with Crippen LogP contribution in [0.2, 0.25) is 0 Å². The van der Waals surface area contributed by atoms with Crippen molar-refractivity contribution < 1.29 is 9.47 Å². The zero-order valence-corrected chi connectivity index (χ0v) is 11.6. The van der Waals surface area contributed by atoms with Crippen LogP contribution in [-0.2, 0) is 6.42 Å². The zero-order valence-electron chi connectivity index (χ0n) is 10.8. The molecule has 1 aliphatic heterocycles. The van der Waals surface area contributed by atoms with E-state index in [1.807, 2.05) is 6.92 Å². The molecule has 2 N–H and O–H groups in total. The van der Waals surface area contributed by atoms with Gasteiger partial charge in [0.05, 0.1) is 6.61 Å². The van der Waals surface area contributed by atoms with Gasteiger partial charge in [-0.2, -0.15) is 0 Å². The summed E-state index contributed by atoms with van der Waals surface area (Å²) >= 11 is 0. The Balaban J connectivity index is 0.00000120. The molecule has 0 bridgehead atoms. The van der Waals surface area contributed by atoms with Gasteiger partial charge >= 0.3 is 0 Å². The first-order valence-corrected chi connectivity index (χ1v) is 6.41. The minimum absolute atomic E-state index is 0. The molecule has 100 valence electrons. The molecule has 3 rings (SSSR count). The van der Waals surface area contributed by atoms with Crippen LogP contribution in [0.3, 0.4) is 0 Å². The van der Waals surface area contributed by atoms with Gasteiger partial charge in [-0.1, -0.05) is 0 Å². The number of benzene rings is 1. The molecule has 3 atom stereocenters. The van der Waals surface area contributed by atoms with Crippen LogP contribution in [0.15, 0.2) is 12.1 Å². The number of rotatable bonds is 3. The fourth-order valence-corrected chi connectivity index (χ4v) is 2.60. The quantitative estimate of drug-likeness (QED) is 0.918. The van der Waals surface area contributed by atoms with Gasteiger partial charge in [0.2, 0.25) is 0 Å². The van der Waals surface area contributed by atoms with Crippen LogP contribution in [0.4, 0.5) is 0 Å². The molecule has 3 unspecified atom stereocenters. The summed E-state index contributed by atoms with van der Waals surface area (Å²) in [7, 11) is 0. The Labute approximate surface area is 114 Å². The van der Waals surface area contributed by atoms with Crippen molar-refractivity contribution in [2.24, 2.45) is 5.73 Å². The molecule has 0 aromatic heterocycles. The van der Waals surface area contributed by atoms with Crippen molar-refractivity contribution in [3.8, 4) is 11.5 Å². The summed E-state index contributed by atoms with van der Waals surface area (Å²) in [5, 5.41) is 0. The van der Waals surface area contributed by atoms with E-state index in [4.69, 9.17) is 15.2 Å². The van der Waals surface area contributed by atoms with E-state index in [1.54, 1.807) is 0 Å². The lowest BCUT2D eigenvalue weighted by Crippen LogP contribution is -2.05. The van der Waals surface area contributed by atoms with Gasteiger partial charge in [-0.15, -0.1) is 12.4 Å². The Morgan fingerprint density at radius 2 is 2.17 bits per heavy atom. The maximum atomic E-state index is 5.94. The molecule has 1 saturated carbocycles. The van der Waals surface area contributed by atoms with Crippen molar-refractivity contribution in [2.45, 2.75) is 44.8 Å². The molecule has 1 heterocycles. The number of halogens is 1. The number of hydrogen-bond donors (Lipinski definition) is 1. The Morgan fingerprint density at radius 1 is 1.44 bits per heavy atom. The summed E-state index contributed by atoms with van der Waals surface area (Å²) in [4.78, 5) is 0. The summed E-state index contributed by atoms with van der Waals surface area (Å²) in [6, 6.07) is 4.58. The summed E-state index contributed by atoms with van der Waals surface area (Å²) < 4.78 is 11.5. The van der Waals surface area contributed by atoms with E-state index < -0.39 is 0 Å². The molecule has 1 aliphatic carbocycles. The molecule has 1 fully saturated rings. The average molecular weight is 270 g/mol. The molecule has 1 aromatic rings. The predicted molar refractivity (Wildman–Crippen MR) is 74.0 cm³/mol. The minimum atomic E-state index is 0. The standard InChI is InChI=1S/C14H19NO2.ClH/c1-3-16-14-5-9-4-8(2)17-13(9)7-11(14)10-6-12(10)15;/h5,7-8,10,12H,3-4,6,15H2,1-2H3;1H. The van der Waals surface area contributed by atoms with Gasteiger partial charge in [0.15, 0.2) is 0 Å². The molecule has 4 heteroatoms. The first-order chi connectivity index (χ1) is 8.19. The highest BCUT2D eigenvalue weighted by atomic mass is 35.5. The number of fused-ring (bicyclic) bond motifs is 1. The van der Waals surface area contributed by atoms with Crippen LogP contribution >= 0.6 is 12.4 Å². The Bertz CT molecular complexity index is 450.